The Labute approximate surface area is 113 Å². The summed E-state index contributed by atoms with van der Waals surface area (Å²) in [5, 5.41) is 6.55. The van der Waals surface area contributed by atoms with Crippen LogP contribution in [-0.4, -0.2) is 32.6 Å². The van der Waals surface area contributed by atoms with Crippen LogP contribution in [0.25, 0.3) is 0 Å². The van der Waals surface area contributed by atoms with E-state index in [1.807, 2.05) is 30.9 Å². The van der Waals surface area contributed by atoms with E-state index in [9.17, 15) is 0 Å². The lowest BCUT2D eigenvalue weighted by molar-refractivity contribution is 0.788. The lowest BCUT2D eigenvalue weighted by atomic mass is 10.3. The fourth-order valence-electron chi connectivity index (χ4n) is 1.90. The Bertz CT molecular complexity index is 534. The quantitative estimate of drug-likeness (QED) is 0.826. The van der Waals surface area contributed by atoms with E-state index in [0.29, 0.717) is 0 Å². The van der Waals surface area contributed by atoms with Crippen molar-refractivity contribution in [1.82, 2.24) is 19.5 Å². The molecule has 0 radical (unpaired) electrons. The Balaban J connectivity index is 1.96. The van der Waals surface area contributed by atoms with Gasteiger partial charge in [-0.05, 0) is 13.8 Å². The monoisotopic (exact) mass is 260 g/mol. The van der Waals surface area contributed by atoms with Crippen molar-refractivity contribution in [2.24, 2.45) is 7.05 Å². The van der Waals surface area contributed by atoms with Crippen LogP contribution in [0.3, 0.4) is 0 Å². The Hall–Kier alpha value is -2.11. The summed E-state index contributed by atoms with van der Waals surface area (Å²) in [5.41, 5.74) is 1.05. The average Bonchev–Trinajstić information content (AvgIpc) is 2.80. The van der Waals surface area contributed by atoms with Crippen LogP contribution in [0, 0.1) is 6.92 Å². The third kappa shape index (κ3) is 3.21. The molecule has 6 nitrogen and oxygen atoms in total. The predicted molar refractivity (Wildman–Crippen MR) is 76.3 cm³/mol. The Morgan fingerprint density at radius 1 is 1.16 bits per heavy atom. The van der Waals surface area contributed by atoms with Gasteiger partial charge in [0.15, 0.2) is 0 Å². The van der Waals surface area contributed by atoms with Gasteiger partial charge in [-0.25, -0.2) is 15.0 Å². The van der Waals surface area contributed by atoms with E-state index >= 15 is 0 Å². The van der Waals surface area contributed by atoms with E-state index in [1.165, 1.54) is 0 Å². The molecule has 0 saturated heterocycles. The van der Waals surface area contributed by atoms with Crippen LogP contribution in [0.5, 0.6) is 0 Å². The first kappa shape index (κ1) is 13.3. The first-order chi connectivity index (χ1) is 9.22. The van der Waals surface area contributed by atoms with Gasteiger partial charge in [0.25, 0.3) is 0 Å². The largest absolute Gasteiger partial charge is 0.370 e. The van der Waals surface area contributed by atoms with E-state index in [0.717, 1.165) is 42.5 Å². The Kier molecular flexibility index (Phi) is 4.33. The molecule has 0 bridgehead atoms. The van der Waals surface area contributed by atoms with Crippen LogP contribution in [-0.2, 0) is 13.5 Å². The summed E-state index contributed by atoms with van der Waals surface area (Å²) in [5.74, 6) is 2.82. The van der Waals surface area contributed by atoms with E-state index < -0.39 is 0 Å². The number of imidazole rings is 1. The molecule has 0 spiro atoms. The zero-order valence-electron chi connectivity index (χ0n) is 11.6. The van der Waals surface area contributed by atoms with E-state index in [-0.39, 0.29) is 0 Å². The highest BCUT2D eigenvalue weighted by Crippen LogP contribution is 2.17. The minimum absolute atomic E-state index is 0.800. The predicted octanol–water partition coefficient (Wildman–Crippen LogP) is 1.60. The molecule has 0 atom stereocenters. The van der Waals surface area contributed by atoms with Crippen LogP contribution >= 0.6 is 0 Å². The van der Waals surface area contributed by atoms with E-state index in [1.54, 1.807) is 6.33 Å². The number of aryl methyl sites for hydroxylation is 1. The molecule has 102 valence electrons. The summed E-state index contributed by atoms with van der Waals surface area (Å²) in [6, 6.07) is 0. The summed E-state index contributed by atoms with van der Waals surface area (Å²) >= 11 is 0. The second-order valence-corrected chi connectivity index (χ2v) is 4.36. The normalized spacial score (nSPS) is 10.5. The summed E-state index contributed by atoms with van der Waals surface area (Å²) < 4.78 is 2.03. The molecule has 0 saturated carbocycles. The highest BCUT2D eigenvalue weighted by Gasteiger charge is 2.06. The van der Waals surface area contributed by atoms with Gasteiger partial charge in [0.2, 0.25) is 0 Å². The molecule has 6 heteroatoms. The van der Waals surface area contributed by atoms with Crippen molar-refractivity contribution >= 4 is 11.6 Å². The van der Waals surface area contributed by atoms with Gasteiger partial charge >= 0.3 is 0 Å². The standard InChI is InChI=1S/C13H20N6/c1-4-14-12-10(2)13(18-9-17-12)16-6-5-11-15-7-8-19(11)3/h7-9H,4-6H2,1-3H3,(H2,14,16,17,18). The molecule has 2 heterocycles. The Morgan fingerprint density at radius 2 is 1.89 bits per heavy atom. The third-order valence-electron chi connectivity index (χ3n) is 2.99. The molecule has 2 rings (SSSR count). The molecular weight excluding hydrogens is 240 g/mol. The van der Waals surface area contributed by atoms with Crippen molar-refractivity contribution < 1.29 is 0 Å². The van der Waals surface area contributed by atoms with Crippen LogP contribution < -0.4 is 10.6 Å². The van der Waals surface area contributed by atoms with Gasteiger partial charge in [-0.3, -0.25) is 0 Å². The summed E-state index contributed by atoms with van der Waals surface area (Å²) in [6.45, 7) is 5.72. The average molecular weight is 260 g/mol. The number of rotatable bonds is 6. The van der Waals surface area contributed by atoms with Gasteiger partial charge in [-0.1, -0.05) is 0 Å². The van der Waals surface area contributed by atoms with Crippen molar-refractivity contribution in [2.45, 2.75) is 20.3 Å². The van der Waals surface area contributed by atoms with Gasteiger partial charge in [-0.2, -0.15) is 0 Å². The molecule has 0 aliphatic carbocycles. The zero-order valence-corrected chi connectivity index (χ0v) is 11.6. The maximum absolute atomic E-state index is 4.29. The molecular formula is C13H20N6. The number of aromatic nitrogens is 4. The van der Waals surface area contributed by atoms with Crippen LogP contribution in [0.4, 0.5) is 11.6 Å². The van der Waals surface area contributed by atoms with Crippen molar-refractivity contribution in [3.63, 3.8) is 0 Å². The SMILES string of the molecule is CCNc1ncnc(NCCc2nccn2C)c1C. The molecule has 0 unspecified atom stereocenters. The molecule has 2 aromatic heterocycles. The number of nitrogens with one attached hydrogen (secondary N) is 2. The summed E-state index contributed by atoms with van der Waals surface area (Å²) in [7, 11) is 2.00. The summed E-state index contributed by atoms with van der Waals surface area (Å²) in [6.07, 6.45) is 6.21. The lowest BCUT2D eigenvalue weighted by Crippen LogP contribution is -2.12. The number of hydrogen-bond acceptors (Lipinski definition) is 5. The van der Waals surface area contributed by atoms with Crippen LogP contribution in [0.1, 0.15) is 18.3 Å². The summed E-state index contributed by atoms with van der Waals surface area (Å²) in [4.78, 5) is 12.8. The maximum atomic E-state index is 4.29. The second-order valence-electron chi connectivity index (χ2n) is 4.36. The van der Waals surface area contributed by atoms with Crippen molar-refractivity contribution in [2.75, 3.05) is 23.7 Å². The van der Waals surface area contributed by atoms with Gasteiger partial charge in [-0.15, -0.1) is 0 Å². The van der Waals surface area contributed by atoms with Crippen molar-refractivity contribution in [1.29, 1.82) is 0 Å². The number of hydrogen-bond donors (Lipinski definition) is 2. The molecule has 0 amide bonds. The molecule has 19 heavy (non-hydrogen) atoms. The van der Waals surface area contributed by atoms with E-state index in [2.05, 4.69) is 32.5 Å². The van der Waals surface area contributed by atoms with Gasteiger partial charge in [0.05, 0.1) is 0 Å². The number of anilines is 2. The van der Waals surface area contributed by atoms with Crippen molar-refractivity contribution in [3.8, 4) is 0 Å². The Morgan fingerprint density at radius 3 is 2.53 bits per heavy atom. The molecule has 0 aliphatic rings. The second kappa shape index (κ2) is 6.17. The van der Waals surface area contributed by atoms with Gasteiger partial charge in [0.1, 0.15) is 23.8 Å². The lowest BCUT2D eigenvalue weighted by Gasteiger charge is -2.11. The molecule has 2 N–H and O–H groups in total. The fraction of sp³-hybridized carbons (Fsp3) is 0.462. The molecule has 0 aliphatic heterocycles. The third-order valence-corrected chi connectivity index (χ3v) is 2.99. The van der Waals surface area contributed by atoms with Crippen molar-refractivity contribution in [3.05, 3.63) is 30.1 Å². The highest BCUT2D eigenvalue weighted by atomic mass is 15.1. The minimum Gasteiger partial charge on any atom is -0.370 e. The first-order valence-electron chi connectivity index (χ1n) is 6.48. The highest BCUT2D eigenvalue weighted by molar-refractivity contribution is 5.56. The molecule has 2 aromatic rings. The van der Waals surface area contributed by atoms with Gasteiger partial charge < -0.3 is 15.2 Å². The smallest absolute Gasteiger partial charge is 0.134 e. The van der Waals surface area contributed by atoms with Crippen LogP contribution in [0.2, 0.25) is 0 Å². The molecule has 0 aromatic carbocycles. The van der Waals surface area contributed by atoms with Crippen LogP contribution in [0.15, 0.2) is 18.7 Å². The topological polar surface area (TPSA) is 67.7 Å². The maximum Gasteiger partial charge on any atom is 0.134 e. The van der Waals surface area contributed by atoms with Gasteiger partial charge in [0, 0.05) is 44.5 Å². The molecule has 0 fully saturated rings. The fourth-order valence-corrected chi connectivity index (χ4v) is 1.90. The first-order valence-corrected chi connectivity index (χ1v) is 6.48. The number of nitrogens with zero attached hydrogens (tertiary/aromatic N) is 4. The zero-order chi connectivity index (χ0) is 13.7. The van der Waals surface area contributed by atoms with E-state index in [4.69, 9.17) is 0 Å². The minimum atomic E-state index is 0.800.